The molecule has 1 aliphatic heterocycles. The zero-order valence-corrected chi connectivity index (χ0v) is 19.4. The lowest BCUT2D eigenvalue weighted by Crippen LogP contribution is -2.58. The number of nitrogens with zero attached hydrogens (tertiary/aromatic N) is 1. The summed E-state index contributed by atoms with van der Waals surface area (Å²) in [5, 5.41) is 6.23. The van der Waals surface area contributed by atoms with Crippen molar-refractivity contribution in [3.8, 4) is 0 Å². The maximum absolute atomic E-state index is 13.3. The molecule has 0 aromatic heterocycles. The lowest BCUT2D eigenvalue weighted by molar-refractivity contribution is -0.141. The number of amides is 2. The largest absolute Gasteiger partial charge is 0.367 e. The molecule has 1 saturated carbocycles. The maximum atomic E-state index is 13.3. The molecule has 2 atom stereocenters. The quantitative estimate of drug-likeness (QED) is 0.495. The predicted octanol–water partition coefficient (Wildman–Crippen LogP) is 2.60. The lowest BCUT2D eigenvalue weighted by atomic mass is 9.72. The first-order valence-electron chi connectivity index (χ1n) is 11.2. The summed E-state index contributed by atoms with van der Waals surface area (Å²) in [6.07, 6.45) is 7.89. The van der Waals surface area contributed by atoms with Gasteiger partial charge in [0.15, 0.2) is 0 Å². The molecule has 0 aromatic carbocycles. The molecular formula is C22H40N4O2S. The topological polar surface area (TPSA) is 87.5 Å². The number of carbonyl (C=O) groups is 2. The van der Waals surface area contributed by atoms with Crippen LogP contribution >= 0.6 is 12.2 Å². The van der Waals surface area contributed by atoms with Gasteiger partial charge in [0.1, 0.15) is 12.1 Å². The zero-order chi connectivity index (χ0) is 21.6. The first-order valence-corrected chi connectivity index (χ1v) is 11.7. The number of unbranched alkanes of at least 4 members (excludes halogenated alkanes) is 1. The molecule has 4 N–H and O–H groups in total. The Morgan fingerprint density at radius 2 is 1.93 bits per heavy atom. The van der Waals surface area contributed by atoms with Gasteiger partial charge in [-0.1, -0.05) is 59.2 Å². The number of nitrogens with one attached hydrogen (secondary N) is 2. The number of likely N-dealkylation sites (tertiary alicyclic amines) is 1. The summed E-state index contributed by atoms with van der Waals surface area (Å²) >= 11 is 5.22. The predicted molar refractivity (Wildman–Crippen MR) is 122 cm³/mol. The summed E-state index contributed by atoms with van der Waals surface area (Å²) in [5.74, 6) is 1.36. The average molecular weight is 425 g/mol. The van der Waals surface area contributed by atoms with Crippen LogP contribution in [0.4, 0.5) is 0 Å². The summed E-state index contributed by atoms with van der Waals surface area (Å²) < 4.78 is 0. The van der Waals surface area contributed by atoms with Crippen LogP contribution in [0.15, 0.2) is 0 Å². The van der Waals surface area contributed by atoms with Gasteiger partial charge in [0.25, 0.3) is 0 Å². The summed E-state index contributed by atoms with van der Waals surface area (Å²) in [6.45, 7) is 9.78. The summed E-state index contributed by atoms with van der Waals surface area (Å²) in [4.78, 5) is 28.3. The van der Waals surface area contributed by atoms with Gasteiger partial charge in [-0.25, -0.2) is 0 Å². The second-order valence-corrected chi connectivity index (χ2v) is 10.3. The molecule has 0 radical (unpaired) electrons. The van der Waals surface area contributed by atoms with Crippen molar-refractivity contribution in [2.45, 2.75) is 84.7 Å². The number of rotatable bonds is 9. The smallest absolute Gasteiger partial charge is 0.246 e. The molecule has 7 heteroatoms. The Kier molecular flexibility index (Phi) is 8.89. The van der Waals surface area contributed by atoms with Crippen molar-refractivity contribution in [3.63, 3.8) is 0 Å². The van der Waals surface area contributed by atoms with Crippen molar-refractivity contribution in [1.29, 1.82) is 0 Å². The maximum Gasteiger partial charge on any atom is 0.246 e. The van der Waals surface area contributed by atoms with Gasteiger partial charge in [-0.2, -0.15) is 0 Å². The van der Waals surface area contributed by atoms with Gasteiger partial charge >= 0.3 is 0 Å². The third-order valence-corrected chi connectivity index (χ3v) is 6.59. The highest BCUT2D eigenvalue weighted by molar-refractivity contribution is 7.80. The van der Waals surface area contributed by atoms with Gasteiger partial charge in [-0.05, 0) is 42.9 Å². The Balaban J connectivity index is 1.89. The van der Waals surface area contributed by atoms with Crippen LogP contribution in [0.2, 0.25) is 0 Å². The van der Waals surface area contributed by atoms with E-state index < -0.39 is 6.04 Å². The van der Waals surface area contributed by atoms with Crippen LogP contribution in [0.3, 0.4) is 0 Å². The summed E-state index contributed by atoms with van der Waals surface area (Å²) in [6, 6.07) is -0.866. The van der Waals surface area contributed by atoms with Gasteiger partial charge in [0, 0.05) is 19.6 Å². The van der Waals surface area contributed by atoms with Crippen molar-refractivity contribution in [2.24, 2.45) is 23.0 Å². The molecule has 0 aromatic rings. The second-order valence-electron chi connectivity index (χ2n) is 9.85. The van der Waals surface area contributed by atoms with Gasteiger partial charge in [-0.3, -0.25) is 9.59 Å². The molecule has 166 valence electrons. The van der Waals surface area contributed by atoms with E-state index in [4.69, 9.17) is 18.0 Å². The Morgan fingerprint density at radius 3 is 2.52 bits per heavy atom. The van der Waals surface area contributed by atoms with Crippen molar-refractivity contribution in [1.82, 2.24) is 15.5 Å². The van der Waals surface area contributed by atoms with E-state index in [0.717, 1.165) is 25.3 Å². The van der Waals surface area contributed by atoms with Crippen LogP contribution in [0.1, 0.15) is 72.6 Å². The van der Waals surface area contributed by atoms with Crippen LogP contribution in [-0.4, -0.2) is 53.4 Å². The van der Waals surface area contributed by atoms with E-state index in [-0.39, 0.29) is 29.8 Å². The molecule has 0 spiro atoms. The Morgan fingerprint density at radius 1 is 1.24 bits per heavy atom. The fraction of sp³-hybridized carbons (Fsp3) is 0.864. The number of carbonyl (C=O) groups excluding carboxylic acids is 2. The Bertz CT molecular complexity index is 584. The van der Waals surface area contributed by atoms with Crippen LogP contribution in [-0.2, 0) is 9.59 Å². The molecule has 1 unspecified atom stereocenters. The first kappa shape index (κ1) is 24.1. The third-order valence-electron chi connectivity index (χ3n) is 6.31. The molecule has 1 saturated heterocycles. The highest BCUT2D eigenvalue weighted by Gasteiger charge is 2.41. The molecule has 2 rings (SSSR count). The number of nitrogens with two attached hydrogens (primary N) is 1. The molecule has 2 amide bonds. The Labute approximate surface area is 181 Å². The van der Waals surface area contributed by atoms with E-state index in [1.54, 1.807) is 4.90 Å². The SMILES string of the molecule is CCCC[C@H]1C[C@H](CNC(=O)C2CCCN2C(=O)[C@@H](NC(=S)CN)C(C)(C)C)C1. The molecule has 2 aliphatic rings. The van der Waals surface area contributed by atoms with Gasteiger partial charge in [0.2, 0.25) is 11.8 Å². The lowest BCUT2D eigenvalue weighted by Gasteiger charge is -2.37. The summed E-state index contributed by atoms with van der Waals surface area (Å²) in [7, 11) is 0. The Hall–Kier alpha value is -1.21. The highest BCUT2D eigenvalue weighted by Crippen LogP contribution is 2.36. The van der Waals surface area contributed by atoms with Crippen molar-refractivity contribution in [3.05, 3.63) is 0 Å². The molecular weight excluding hydrogens is 384 g/mol. The van der Waals surface area contributed by atoms with Crippen molar-refractivity contribution in [2.75, 3.05) is 19.6 Å². The van der Waals surface area contributed by atoms with Crippen LogP contribution in [0, 0.1) is 17.3 Å². The van der Waals surface area contributed by atoms with Gasteiger partial charge in [0.05, 0.1) is 4.99 Å². The van der Waals surface area contributed by atoms with E-state index in [0.29, 0.717) is 17.5 Å². The van der Waals surface area contributed by atoms with E-state index in [9.17, 15) is 9.59 Å². The van der Waals surface area contributed by atoms with E-state index in [1.807, 2.05) is 20.8 Å². The molecule has 6 nitrogen and oxygen atoms in total. The third kappa shape index (κ3) is 6.64. The molecule has 2 fully saturated rings. The van der Waals surface area contributed by atoms with Crippen LogP contribution in [0.25, 0.3) is 0 Å². The average Bonchev–Trinajstić information content (AvgIpc) is 3.12. The number of hydrogen-bond acceptors (Lipinski definition) is 4. The van der Waals surface area contributed by atoms with Crippen LogP contribution in [0.5, 0.6) is 0 Å². The minimum atomic E-state index is -0.488. The molecule has 29 heavy (non-hydrogen) atoms. The van der Waals surface area contributed by atoms with E-state index >= 15 is 0 Å². The van der Waals surface area contributed by atoms with Crippen molar-refractivity contribution < 1.29 is 9.59 Å². The van der Waals surface area contributed by atoms with E-state index in [1.165, 1.54) is 32.1 Å². The monoisotopic (exact) mass is 424 g/mol. The van der Waals surface area contributed by atoms with Gasteiger partial charge < -0.3 is 21.3 Å². The zero-order valence-electron chi connectivity index (χ0n) is 18.6. The first-order chi connectivity index (χ1) is 13.7. The summed E-state index contributed by atoms with van der Waals surface area (Å²) in [5.41, 5.74) is 5.29. The van der Waals surface area contributed by atoms with Crippen molar-refractivity contribution >= 4 is 29.0 Å². The van der Waals surface area contributed by atoms with Crippen LogP contribution < -0.4 is 16.4 Å². The van der Waals surface area contributed by atoms with E-state index in [2.05, 4.69) is 17.6 Å². The standard InChI is InChI=1S/C22H40N4O2S/c1-5-6-8-15-11-16(12-15)14-24-20(27)17-9-7-10-26(17)21(28)19(22(2,3)4)25-18(29)13-23/h15-17,19H,5-14,23H2,1-4H3,(H,24,27)(H,25,29)/t15-,16-,17?,19-/m1/s1. The normalized spacial score (nSPS) is 25.3. The minimum absolute atomic E-state index is 0.0121. The second kappa shape index (κ2) is 10.7. The molecule has 0 bridgehead atoms. The fourth-order valence-corrected chi connectivity index (χ4v) is 4.59. The molecule has 1 heterocycles. The minimum Gasteiger partial charge on any atom is -0.367 e. The fourth-order valence-electron chi connectivity index (χ4n) is 4.47. The van der Waals surface area contributed by atoms with Gasteiger partial charge in [-0.15, -0.1) is 0 Å². The molecule has 1 aliphatic carbocycles. The highest BCUT2D eigenvalue weighted by atomic mass is 32.1. The number of thiocarbonyl (C=S) groups is 1. The number of hydrogen-bond donors (Lipinski definition) is 3.